The second-order valence-electron chi connectivity index (χ2n) is 4.78. The summed E-state index contributed by atoms with van der Waals surface area (Å²) in [6.45, 7) is 4.27. The molecule has 1 rings (SSSR count). The van der Waals surface area contributed by atoms with E-state index in [4.69, 9.17) is 0 Å². The highest BCUT2D eigenvalue weighted by Gasteiger charge is 2.23. The third-order valence-corrected chi connectivity index (χ3v) is 3.46. The van der Waals surface area contributed by atoms with Gasteiger partial charge in [-0.2, -0.15) is 0 Å². The first kappa shape index (κ1) is 11.7. The number of hydrogen-bond donors (Lipinski definition) is 0. The van der Waals surface area contributed by atoms with Gasteiger partial charge in [-0.1, -0.05) is 46.0 Å². The molecule has 0 aromatic carbocycles. The molecular formula is C13H24O. The van der Waals surface area contributed by atoms with Gasteiger partial charge in [0, 0.05) is 11.8 Å². The van der Waals surface area contributed by atoms with Crippen LogP contribution in [0.2, 0.25) is 0 Å². The third-order valence-electron chi connectivity index (χ3n) is 3.46. The molecule has 1 aliphatic rings. The van der Waals surface area contributed by atoms with E-state index in [1.165, 1.54) is 25.7 Å². The van der Waals surface area contributed by atoms with E-state index in [0.717, 1.165) is 25.7 Å². The van der Waals surface area contributed by atoms with Crippen molar-refractivity contribution in [2.45, 2.75) is 65.2 Å². The SMILES string of the molecule is CCCC(C)C(=O)C1CCCCCC1. The lowest BCUT2D eigenvalue weighted by Crippen LogP contribution is -2.21. The fourth-order valence-electron chi connectivity index (χ4n) is 2.54. The molecule has 1 nitrogen and oxygen atoms in total. The molecule has 0 bridgehead atoms. The van der Waals surface area contributed by atoms with Crippen LogP contribution in [-0.2, 0) is 4.79 Å². The standard InChI is InChI=1S/C13H24O/c1-3-8-11(2)13(14)12-9-6-4-5-7-10-12/h11-12H,3-10H2,1-2H3. The molecule has 0 spiro atoms. The molecule has 0 amide bonds. The van der Waals surface area contributed by atoms with Crippen molar-refractivity contribution in [1.82, 2.24) is 0 Å². The van der Waals surface area contributed by atoms with E-state index in [1.807, 2.05) is 0 Å². The van der Waals surface area contributed by atoms with Crippen LogP contribution in [0.15, 0.2) is 0 Å². The van der Waals surface area contributed by atoms with Crippen LogP contribution in [0.1, 0.15) is 65.2 Å². The van der Waals surface area contributed by atoms with Crippen molar-refractivity contribution in [3.63, 3.8) is 0 Å². The third kappa shape index (κ3) is 3.43. The Balaban J connectivity index is 2.40. The van der Waals surface area contributed by atoms with Crippen molar-refractivity contribution in [3.05, 3.63) is 0 Å². The lowest BCUT2D eigenvalue weighted by molar-refractivity contribution is -0.126. The van der Waals surface area contributed by atoms with Crippen molar-refractivity contribution in [3.8, 4) is 0 Å². The van der Waals surface area contributed by atoms with Crippen LogP contribution in [0, 0.1) is 11.8 Å². The Morgan fingerprint density at radius 1 is 1.21 bits per heavy atom. The van der Waals surface area contributed by atoms with Gasteiger partial charge in [0.1, 0.15) is 5.78 Å². The second kappa shape index (κ2) is 6.21. The molecule has 0 N–H and O–H groups in total. The topological polar surface area (TPSA) is 17.1 Å². The summed E-state index contributed by atoms with van der Waals surface area (Å²) in [5, 5.41) is 0. The Labute approximate surface area is 88.3 Å². The summed E-state index contributed by atoms with van der Waals surface area (Å²) in [5.74, 6) is 1.26. The predicted molar refractivity (Wildman–Crippen MR) is 60.3 cm³/mol. The highest BCUT2D eigenvalue weighted by atomic mass is 16.1. The largest absolute Gasteiger partial charge is 0.299 e. The number of hydrogen-bond acceptors (Lipinski definition) is 1. The van der Waals surface area contributed by atoms with E-state index in [1.54, 1.807) is 0 Å². The predicted octanol–water partition coefficient (Wildman–Crippen LogP) is 3.96. The molecule has 0 aliphatic heterocycles. The van der Waals surface area contributed by atoms with Crippen molar-refractivity contribution in [1.29, 1.82) is 0 Å². The normalized spacial score (nSPS) is 21.6. The van der Waals surface area contributed by atoms with E-state index in [0.29, 0.717) is 17.6 Å². The van der Waals surface area contributed by atoms with Gasteiger partial charge < -0.3 is 0 Å². The smallest absolute Gasteiger partial charge is 0.138 e. The zero-order valence-electron chi connectivity index (χ0n) is 9.72. The Hall–Kier alpha value is -0.330. The van der Waals surface area contributed by atoms with Gasteiger partial charge >= 0.3 is 0 Å². The van der Waals surface area contributed by atoms with Gasteiger partial charge in [0.05, 0.1) is 0 Å². The summed E-state index contributed by atoms with van der Waals surface area (Å²) in [6.07, 6.45) is 9.76. The van der Waals surface area contributed by atoms with Gasteiger partial charge in [-0.25, -0.2) is 0 Å². The fourth-order valence-corrected chi connectivity index (χ4v) is 2.54. The summed E-state index contributed by atoms with van der Waals surface area (Å²) in [6, 6.07) is 0. The maximum absolute atomic E-state index is 12.0. The number of carbonyl (C=O) groups is 1. The van der Waals surface area contributed by atoms with Crippen molar-refractivity contribution in [2.24, 2.45) is 11.8 Å². The van der Waals surface area contributed by atoms with Gasteiger partial charge in [0.25, 0.3) is 0 Å². The molecule has 0 aromatic heterocycles. The molecular weight excluding hydrogens is 172 g/mol. The lowest BCUT2D eigenvalue weighted by Gasteiger charge is -2.17. The Morgan fingerprint density at radius 3 is 2.29 bits per heavy atom. The molecule has 0 heterocycles. The summed E-state index contributed by atoms with van der Waals surface area (Å²) in [4.78, 5) is 12.0. The Bertz CT molecular complexity index is 166. The summed E-state index contributed by atoms with van der Waals surface area (Å²) < 4.78 is 0. The van der Waals surface area contributed by atoms with Crippen LogP contribution in [0.25, 0.3) is 0 Å². The van der Waals surface area contributed by atoms with Crippen molar-refractivity contribution < 1.29 is 4.79 Å². The Kier molecular flexibility index (Phi) is 5.21. The van der Waals surface area contributed by atoms with Gasteiger partial charge in [-0.15, -0.1) is 0 Å². The number of carbonyl (C=O) groups excluding carboxylic acids is 1. The Morgan fingerprint density at radius 2 is 1.79 bits per heavy atom. The molecule has 0 radical (unpaired) electrons. The zero-order chi connectivity index (χ0) is 10.4. The summed E-state index contributed by atoms with van der Waals surface area (Å²) in [7, 11) is 0. The van der Waals surface area contributed by atoms with Gasteiger partial charge in [-0.3, -0.25) is 4.79 Å². The monoisotopic (exact) mass is 196 g/mol. The van der Waals surface area contributed by atoms with Crippen LogP contribution in [0.5, 0.6) is 0 Å². The molecule has 1 unspecified atom stereocenters. The molecule has 0 aromatic rings. The summed E-state index contributed by atoms with van der Waals surface area (Å²) >= 11 is 0. The van der Waals surface area contributed by atoms with E-state index in [-0.39, 0.29) is 0 Å². The summed E-state index contributed by atoms with van der Waals surface area (Å²) in [5.41, 5.74) is 0. The molecule has 14 heavy (non-hydrogen) atoms. The van der Waals surface area contributed by atoms with Crippen LogP contribution >= 0.6 is 0 Å². The quantitative estimate of drug-likeness (QED) is 0.622. The van der Waals surface area contributed by atoms with Crippen LogP contribution < -0.4 is 0 Å². The number of Topliss-reactive ketones (excluding diaryl/α,β-unsaturated/α-hetero) is 1. The maximum Gasteiger partial charge on any atom is 0.138 e. The van der Waals surface area contributed by atoms with E-state index in [2.05, 4.69) is 13.8 Å². The molecule has 1 heteroatoms. The fraction of sp³-hybridized carbons (Fsp3) is 0.923. The van der Waals surface area contributed by atoms with Crippen molar-refractivity contribution in [2.75, 3.05) is 0 Å². The highest BCUT2D eigenvalue weighted by Crippen LogP contribution is 2.26. The number of ketones is 1. The van der Waals surface area contributed by atoms with E-state index < -0.39 is 0 Å². The first-order valence-electron chi connectivity index (χ1n) is 6.29. The van der Waals surface area contributed by atoms with Gasteiger partial charge in [0.2, 0.25) is 0 Å². The molecule has 1 atom stereocenters. The van der Waals surface area contributed by atoms with Gasteiger partial charge in [-0.05, 0) is 19.3 Å². The minimum absolute atomic E-state index is 0.308. The van der Waals surface area contributed by atoms with E-state index >= 15 is 0 Å². The average Bonchev–Trinajstić information content (AvgIpc) is 2.45. The van der Waals surface area contributed by atoms with E-state index in [9.17, 15) is 4.79 Å². The van der Waals surface area contributed by atoms with Crippen molar-refractivity contribution >= 4 is 5.78 Å². The number of rotatable bonds is 4. The van der Waals surface area contributed by atoms with Gasteiger partial charge in [0.15, 0.2) is 0 Å². The minimum atomic E-state index is 0.308. The zero-order valence-corrected chi connectivity index (χ0v) is 9.72. The van der Waals surface area contributed by atoms with Crippen LogP contribution in [-0.4, -0.2) is 5.78 Å². The van der Waals surface area contributed by atoms with Crippen LogP contribution in [0.3, 0.4) is 0 Å². The highest BCUT2D eigenvalue weighted by molar-refractivity contribution is 5.83. The van der Waals surface area contributed by atoms with Crippen LogP contribution in [0.4, 0.5) is 0 Å². The molecule has 1 aliphatic carbocycles. The molecule has 1 saturated carbocycles. The first-order chi connectivity index (χ1) is 6.75. The maximum atomic E-state index is 12.0. The molecule has 82 valence electrons. The lowest BCUT2D eigenvalue weighted by atomic mass is 9.86. The average molecular weight is 196 g/mol. The minimum Gasteiger partial charge on any atom is -0.299 e. The first-order valence-corrected chi connectivity index (χ1v) is 6.29. The molecule has 0 saturated heterocycles. The molecule has 1 fully saturated rings. The second-order valence-corrected chi connectivity index (χ2v) is 4.78.